The lowest BCUT2D eigenvalue weighted by atomic mass is 10.1. The number of ketones is 1. The minimum Gasteiger partial charge on any atom is -0.303 e. The molecular weight excluding hydrogens is 294 g/mol. The topological polar surface area (TPSA) is 37.4 Å². The van der Waals surface area contributed by atoms with Gasteiger partial charge in [0.15, 0.2) is 5.78 Å². The van der Waals surface area contributed by atoms with Gasteiger partial charge in [-0.1, -0.05) is 48.5 Å². The fourth-order valence-electron chi connectivity index (χ4n) is 2.22. The maximum atomic E-state index is 12.6. The molecule has 2 aromatic rings. The Morgan fingerprint density at radius 1 is 1.05 bits per heavy atom. The van der Waals surface area contributed by atoms with Crippen LogP contribution < -0.4 is 0 Å². The molecule has 0 saturated carbocycles. The average molecular weight is 315 g/mol. The van der Waals surface area contributed by atoms with Crippen molar-refractivity contribution in [3.63, 3.8) is 0 Å². The summed E-state index contributed by atoms with van der Waals surface area (Å²) >= 11 is 0. The van der Waals surface area contributed by atoms with Crippen LogP contribution in [0.1, 0.15) is 28.9 Å². The number of hydrogen-bond donors (Lipinski definition) is 0. The Balaban J connectivity index is 2.22. The van der Waals surface area contributed by atoms with Crippen LogP contribution in [0.2, 0.25) is 0 Å². The van der Waals surface area contributed by atoms with Gasteiger partial charge in [-0.25, -0.2) is 0 Å². The predicted octanol–water partition coefficient (Wildman–Crippen LogP) is 3.30. The Hall–Kier alpha value is -1.78. The molecule has 116 valence electrons. The van der Waals surface area contributed by atoms with E-state index < -0.39 is 10.8 Å². The summed E-state index contributed by atoms with van der Waals surface area (Å²) in [5, 5.41) is 0. The van der Waals surface area contributed by atoms with Crippen molar-refractivity contribution in [2.24, 2.45) is 0 Å². The maximum Gasteiger partial charge on any atom is 0.175 e. The summed E-state index contributed by atoms with van der Waals surface area (Å²) in [6.07, 6.45) is 0. The molecule has 0 aromatic heterocycles. The third kappa shape index (κ3) is 3.90. The number of benzene rings is 2. The second-order valence-corrected chi connectivity index (χ2v) is 6.88. The van der Waals surface area contributed by atoms with Crippen LogP contribution in [0.3, 0.4) is 0 Å². The highest BCUT2D eigenvalue weighted by molar-refractivity contribution is 7.85. The Labute approximate surface area is 134 Å². The maximum absolute atomic E-state index is 12.6. The first-order valence-electron chi connectivity index (χ1n) is 7.22. The zero-order valence-corrected chi connectivity index (χ0v) is 14.0. The van der Waals surface area contributed by atoms with Crippen molar-refractivity contribution in [1.82, 2.24) is 4.90 Å². The molecule has 0 N–H and O–H groups in total. The number of nitrogens with zero attached hydrogens (tertiary/aromatic N) is 1. The van der Waals surface area contributed by atoms with Crippen LogP contribution in [-0.4, -0.2) is 34.7 Å². The highest BCUT2D eigenvalue weighted by Gasteiger charge is 2.18. The van der Waals surface area contributed by atoms with Gasteiger partial charge in [0.2, 0.25) is 0 Å². The van der Waals surface area contributed by atoms with Crippen LogP contribution in [0, 0.1) is 0 Å². The molecule has 0 spiro atoms. The summed E-state index contributed by atoms with van der Waals surface area (Å²) in [5.74, 6) is -0.0764. The molecule has 0 radical (unpaired) electrons. The lowest BCUT2D eigenvalue weighted by Crippen LogP contribution is -2.19. The molecule has 0 fully saturated rings. The second kappa shape index (κ2) is 7.47. The van der Waals surface area contributed by atoms with Gasteiger partial charge in [-0.15, -0.1) is 0 Å². The number of carbonyl (C=O) groups is 1. The quantitative estimate of drug-likeness (QED) is 0.768. The highest BCUT2D eigenvalue weighted by Crippen LogP contribution is 2.24. The molecule has 0 amide bonds. The van der Waals surface area contributed by atoms with Crippen LogP contribution in [0.25, 0.3) is 0 Å². The van der Waals surface area contributed by atoms with Crippen molar-refractivity contribution in [2.75, 3.05) is 19.8 Å². The molecule has 0 aliphatic carbocycles. The lowest BCUT2D eigenvalue weighted by molar-refractivity contribution is 0.102. The standard InChI is InChI=1S/C18H21NO2S/c1-14(19(2)3)16-11-7-8-12-18(16)22(21)13-17(20)15-9-5-4-6-10-15/h4-12,14H,13H2,1-3H3/t14-,22?/m1/s1. The summed E-state index contributed by atoms with van der Waals surface area (Å²) in [7, 11) is 2.63. The fraction of sp³-hybridized carbons (Fsp3) is 0.278. The average Bonchev–Trinajstić information content (AvgIpc) is 2.54. The first kappa shape index (κ1) is 16.6. The number of rotatable bonds is 6. The fourth-order valence-corrected chi connectivity index (χ4v) is 3.51. The van der Waals surface area contributed by atoms with Gasteiger partial charge in [-0.05, 0) is 32.6 Å². The van der Waals surface area contributed by atoms with Crippen molar-refractivity contribution in [3.05, 3.63) is 65.7 Å². The van der Waals surface area contributed by atoms with E-state index in [1.807, 2.05) is 56.6 Å². The third-order valence-electron chi connectivity index (χ3n) is 3.75. The lowest BCUT2D eigenvalue weighted by Gasteiger charge is -2.22. The van der Waals surface area contributed by atoms with Gasteiger partial charge >= 0.3 is 0 Å². The van der Waals surface area contributed by atoms with Crippen molar-refractivity contribution < 1.29 is 9.00 Å². The molecule has 0 heterocycles. The van der Waals surface area contributed by atoms with Crippen molar-refractivity contribution in [2.45, 2.75) is 17.9 Å². The van der Waals surface area contributed by atoms with E-state index in [2.05, 4.69) is 11.8 Å². The van der Waals surface area contributed by atoms with E-state index in [1.165, 1.54) is 0 Å². The molecule has 2 atom stereocenters. The Morgan fingerprint density at radius 2 is 1.64 bits per heavy atom. The zero-order valence-electron chi connectivity index (χ0n) is 13.2. The van der Waals surface area contributed by atoms with E-state index in [-0.39, 0.29) is 17.6 Å². The van der Waals surface area contributed by atoms with Crippen LogP contribution in [-0.2, 0) is 10.8 Å². The van der Waals surface area contributed by atoms with Crippen LogP contribution >= 0.6 is 0 Å². The van der Waals surface area contributed by atoms with E-state index in [1.54, 1.807) is 12.1 Å². The molecule has 0 aliphatic heterocycles. The van der Waals surface area contributed by atoms with Gasteiger partial charge in [-0.2, -0.15) is 0 Å². The number of hydrogen-bond acceptors (Lipinski definition) is 3. The van der Waals surface area contributed by atoms with Crippen LogP contribution in [0.15, 0.2) is 59.5 Å². The molecule has 3 nitrogen and oxygen atoms in total. The van der Waals surface area contributed by atoms with Crippen molar-refractivity contribution in [3.8, 4) is 0 Å². The van der Waals surface area contributed by atoms with Crippen molar-refractivity contribution in [1.29, 1.82) is 0 Å². The summed E-state index contributed by atoms with van der Waals surface area (Å²) in [4.78, 5) is 15.0. The SMILES string of the molecule is C[C@H](c1ccccc1S(=O)CC(=O)c1ccccc1)N(C)C. The molecule has 22 heavy (non-hydrogen) atoms. The molecule has 0 saturated heterocycles. The van der Waals surface area contributed by atoms with E-state index in [0.717, 1.165) is 10.5 Å². The molecule has 4 heteroatoms. The van der Waals surface area contributed by atoms with Crippen molar-refractivity contribution >= 4 is 16.6 Å². The summed E-state index contributed by atoms with van der Waals surface area (Å²) in [5.41, 5.74) is 1.61. The zero-order chi connectivity index (χ0) is 16.1. The van der Waals surface area contributed by atoms with E-state index in [0.29, 0.717) is 5.56 Å². The summed E-state index contributed by atoms with van der Waals surface area (Å²) in [6.45, 7) is 2.06. The van der Waals surface area contributed by atoms with Gasteiger partial charge in [-0.3, -0.25) is 9.00 Å². The van der Waals surface area contributed by atoms with E-state index in [4.69, 9.17) is 0 Å². The molecule has 0 aliphatic rings. The minimum atomic E-state index is -1.34. The Bertz CT molecular complexity index is 668. The number of Topliss-reactive ketones (excluding diaryl/α,β-unsaturated/α-hetero) is 1. The smallest absolute Gasteiger partial charge is 0.175 e. The van der Waals surface area contributed by atoms with Crippen LogP contribution in [0.4, 0.5) is 0 Å². The largest absolute Gasteiger partial charge is 0.303 e. The Kier molecular flexibility index (Phi) is 5.63. The minimum absolute atomic E-state index is 0.0151. The summed E-state index contributed by atoms with van der Waals surface area (Å²) < 4.78 is 12.6. The summed E-state index contributed by atoms with van der Waals surface area (Å²) in [6, 6.07) is 16.8. The molecule has 2 aromatic carbocycles. The van der Waals surface area contributed by atoms with E-state index in [9.17, 15) is 9.00 Å². The first-order valence-corrected chi connectivity index (χ1v) is 8.54. The van der Waals surface area contributed by atoms with E-state index >= 15 is 0 Å². The molecular formula is C18H21NO2S. The molecule has 0 bridgehead atoms. The van der Waals surface area contributed by atoms with Gasteiger partial charge in [0.1, 0.15) is 0 Å². The van der Waals surface area contributed by atoms with Crippen LogP contribution in [0.5, 0.6) is 0 Å². The highest BCUT2D eigenvalue weighted by atomic mass is 32.2. The predicted molar refractivity (Wildman–Crippen MR) is 90.6 cm³/mol. The van der Waals surface area contributed by atoms with Gasteiger partial charge < -0.3 is 4.90 Å². The van der Waals surface area contributed by atoms with Gasteiger partial charge in [0.25, 0.3) is 0 Å². The number of carbonyl (C=O) groups excluding carboxylic acids is 1. The Morgan fingerprint density at radius 3 is 2.27 bits per heavy atom. The normalized spacial score (nSPS) is 13.8. The molecule has 1 unspecified atom stereocenters. The monoisotopic (exact) mass is 315 g/mol. The first-order chi connectivity index (χ1) is 10.5. The second-order valence-electron chi connectivity index (χ2n) is 5.46. The van der Waals surface area contributed by atoms with Gasteiger partial charge in [0.05, 0.1) is 16.6 Å². The molecule has 2 rings (SSSR count). The third-order valence-corrected chi connectivity index (χ3v) is 5.13. The van der Waals surface area contributed by atoms with Gasteiger partial charge in [0, 0.05) is 16.5 Å².